The molecule has 0 amide bonds. The fraction of sp³-hybridized carbons (Fsp3) is 0.250. The number of rotatable bonds is 2. The summed E-state index contributed by atoms with van der Waals surface area (Å²) >= 11 is 0. The van der Waals surface area contributed by atoms with Crippen molar-refractivity contribution in [3.05, 3.63) is 60.7 Å². The Balaban J connectivity index is 2.06. The lowest BCUT2D eigenvalue weighted by Gasteiger charge is -2.33. The van der Waals surface area contributed by atoms with E-state index in [1.807, 2.05) is 36.4 Å². The van der Waals surface area contributed by atoms with Gasteiger partial charge in [0.1, 0.15) is 0 Å². The third kappa shape index (κ3) is 2.69. The van der Waals surface area contributed by atoms with Gasteiger partial charge in [-0.05, 0) is 10.4 Å². The molecule has 0 aliphatic carbocycles. The molecule has 0 saturated carbocycles. The number of hydrogen-bond donors (Lipinski definition) is 0. The molecule has 0 spiro atoms. The topological polar surface area (TPSA) is 27.7 Å². The van der Waals surface area contributed by atoms with Crippen molar-refractivity contribution in [1.82, 2.24) is 0 Å². The van der Waals surface area contributed by atoms with Gasteiger partial charge in [-0.15, -0.1) is 0 Å². The maximum absolute atomic E-state index is 6.23. The van der Waals surface area contributed by atoms with E-state index < -0.39 is 8.56 Å². The SMILES string of the molecule is c1ccc([Si]2(c3ccccc3)OCCOCCO2)cc1. The molecule has 104 valence electrons. The first kappa shape index (κ1) is 13.5. The van der Waals surface area contributed by atoms with Gasteiger partial charge in [0.05, 0.1) is 26.4 Å². The lowest BCUT2D eigenvalue weighted by molar-refractivity contribution is 0.0330. The van der Waals surface area contributed by atoms with Crippen LogP contribution in [0.5, 0.6) is 0 Å². The predicted octanol–water partition coefficient (Wildman–Crippen LogP) is 1.31. The smallest absolute Gasteiger partial charge is 0.385 e. The van der Waals surface area contributed by atoms with Crippen molar-refractivity contribution >= 4 is 18.9 Å². The summed E-state index contributed by atoms with van der Waals surface area (Å²) in [4.78, 5) is 0. The first-order valence-electron chi connectivity index (χ1n) is 6.88. The van der Waals surface area contributed by atoms with Gasteiger partial charge in [-0.3, -0.25) is 0 Å². The van der Waals surface area contributed by atoms with E-state index in [1.165, 1.54) is 0 Å². The molecule has 3 nitrogen and oxygen atoms in total. The van der Waals surface area contributed by atoms with Gasteiger partial charge in [0.15, 0.2) is 0 Å². The third-order valence-electron chi connectivity index (χ3n) is 3.37. The van der Waals surface area contributed by atoms with Crippen LogP contribution in [-0.2, 0) is 13.6 Å². The minimum Gasteiger partial charge on any atom is -0.385 e. The quantitative estimate of drug-likeness (QED) is 0.779. The monoisotopic (exact) mass is 286 g/mol. The highest BCUT2D eigenvalue weighted by molar-refractivity contribution is 6.92. The van der Waals surface area contributed by atoms with E-state index in [2.05, 4.69) is 24.3 Å². The molecule has 2 aromatic carbocycles. The molecule has 4 heteroatoms. The van der Waals surface area contributed by atoms with Crippen molar-refractivity contribution in [3.63, 3.8) is 0 Å². The van der Waals surface area contributed by atoms with Gasteiger partial charge in [0.25, 0.3) is 0 Å². The highest BCUT2D eigenvalue weighted by Gasteiger charge is 2.43. The van der Waals surface area contributed by atoms with Crippen LogP contribution in [-0.4, -0.2) is 35.0 Å². The van der Waals surface area contributed by atoms with E-state index in [0.29, 0.717) is 26.4 Å². The second-order valence-corrected chi connectivity index (χ2v) is 7.62. The molecule has 0 radical (unpaired) electrons. The Hall–Kier alpha value is -1.46. The lowest BCUT2D eigenvalue weighted by atomic mass is 10.4. The Morgan fingerprint density at radius 1 is 0.600 bits per heavy atom. The van der Waals surface area contributed by atoms with Crippen molar-refractivity contribution in [2.75, 3.05) is 26.4 Å². The molecule has 0 aromatic heterocycles. The van der Waals surface area contributed by atoms with Crippen LogP contribution < -0.4 is 10.4 Å². The highest BCUT2D eigenvalue weighted by Crippen LogP contribution is 2.11. The van der Waals surface area contributed by atoms with Crippen LogP contribution in [0.4, 0.5) is 0 Å². The largest absolute Gasteiger partial charge is 0.407 e. The zero-order valence-corrected chi connectivity index (χ0v) is 12.3. The van der Waals surface area contributed by atoms with E-state index >= 15 is 0 Å². The van der Waals surface area contributed by atoms with Gasteiger partial charge in [-0.25, -0.2) is 0 Å². The van der Waals surface area contributed by atoms with E-state index in [0.717, 1.165) is 10.4 Å². The molecule has 20 heavy (non-hydrogen) atoms. The van der Waals surface area contributed by atoms with Crippen molar-refractivity contribution < 1.29 is 13.6 Å². The van der Waals surface area contributed by atoms with Crippen molar-refractivity contribution in [3.8, 4) is 0 Å². The fourth-order valence-electron chi connectivity index (χ4n) is 2.45. The van der Waals surface area contributed by atoms with Crippen LogP contribution in [0.1, 0.15) is 0 Å². The Morgan fingerprint density at radius 2 is 1.05 bits per heavy atom. The maximum Gasteiger partial charge on any atom is 0.407 e. The van der Waals surface area contributed by atoms with Crippen LogP contribution in [0.3, 0.4) is 0 Å². The second-order valence-electron chi connectivity index (χ2n) is 4.66. The molecule has 1 aliphatic heterocycles. The number of benzene rings is 2. The van der Waals surface area contributed by atoms with Crippen molar-refractivity contribution in [2.45, 2.75) is 0 Å². The van der Waals surface area contributed by atoms with Gasteiger partial charge in [-0.2, -0.15) is 0 Å². The van der Waals surface area contributed by atoms with Gasteiger partial charge in [0.2, 0.25) is 0 Å². The predicted molar refractivity (Wildman–Crippen MR) is 80.6 cm³/mol. The summed E-state index contributed by atoms with van der Waals surface area (Å²) in [5, 5.41) is 2.29. The van der Waals surface area contributed by atoms with Gasteiger partial charge < -0.3 is 13.6 Å². The molecule has 3 rings (SSSR count). The molecule has 0 atom stereocenters. The molecule has 1 aliphatic rings. The minimum absolute atomic E-state index is 0.565. The van der Waals surface area contributed by atoms with Crippen molar-refractivity contribution in [1.29, 1.82) is 0 Å². The minimum atomic E-state index is -2.60. The Labute approximate surface area is 120 Å². The number of ether oxygens (including phenoxy) is 1. The summed E-state index contributed by atoms with van der Waals surface area (Å²) in [5.74, 6) is 0. The molecule has 1 heterocycles. The maximum atomic E-state index is 6.23. The van der Waals surface area contributed by atoms with Gasteiger partial charge in [-0.1, -0.05) is 60.7 Å². The van der Waals surface area contributed by atoms with Crippen molar-refractivity contribution in [2.24, 2.45) is 0 Å². The molecule has 1 saturated heterocycles. The summed E-state index contributed by atoms with van der Waals surface area (Å²) in [6.45, 7) is 2.38. The molecular weight excluding hydrogens is 268 g/mol. The van der Waals surface area contributed by atoms with Crippen LogP contribution in [0.25, 0.3) is 0 Å². The first-order chi connectivity index (χ1) is 9.92. The average molecular weight is 286 g/mol. The molecule has 0 N–H and O–H groups in total. The van der Waals surface area contributed by atoms with Gasteiger partial charge >= 0.3 is 8.56 Å². The Kier molecular flexibility index (Phi) is 4.27. The molecule has 0 bridgehead atoms. The Morgan fingerprint density at radius 3 is 1.50 bits per heavy atom. The molecule has 0 unspecified atom stereocenters. The van der Waals surface area contributed by atoms with E-state index in [4.69, 9.17) is 13.6 Å². The second kappa shape index (κ2) is 6.32. The normalized spacial score (nSPS) is 19.0. The highest BCUT2D eigenvalue weighted by atomic mass is 28.4. The summed E-state index contributed by atoms with van der Waals surface area (Å²) in [6.07, 6.45) is 0. The summed E-state index contributed by atoms with van der Waals surface area (Å²) in [5.41, 5.74) is 0. The zero-order chi connectivity index (χ0) is 13.7. The van der Waals surface area contributed by atoms with E-state index in [-0.39, 0.29) is 0 Å². The summed E-state index contributed by atoms with van der Waals surface area (Å²) in [7, 11) is -2.60. The van der Waals surface area contributed by atoms with E-state index in [9.17, 15) is 0 Å². The first-order valence-corrected chi connectivity index (χ1v) is 8.70. The standard InChI is InChI=1S/C16H18O3Si/c1-3-7-15(8-4-1)20(16-9-5-2-6-10-16)18-13-11-17-12-14-19-20/h1-10H,11-14H2. The summed E-state index contributed by atoms with van der Waals surface area (Å²) in [6, 6.07) is 20.6. The lowest BCUT2D eigenvalue weighted by Crippen LogP contribution is -2.64. The fourth-order valence-corrected chi connectivity index (χ4v) is 5.53. The zero-order valence-electron chi connectivity index (χ0n) is 11.3. The number of hydrogen-bond acceptors (Lipinski definition) is 3. The van der Waals surface area contributed by atoms with Crippen LogP contribution in [0.2, 0.25) is 0 Å². The average Bonchev–Trinajstić information content (AvgIpc) is 2.49. The molecule has 1 fully saturated rings. The van der Waals surface area contributed by atoms with Crippen LogP contribution in [0, 0.1) is 0 Å². The van der Waals surface area contributed by atoms with Crippen LogP contribution >= 0.6 is 0 Å². The summed E-state index contributed by atoms with van der Waals surface area (Å²) < 4.78 is 17.9. The molecule has 2 aromatic rings. The third-order valence-corrected chi connectivity index (χ3v) is 6.78. The van der Waals surface area contributed by atoms with Gasteiger partial charge in [0, 0.05) is 0 Å². The van der Waals surface area contributed by atoms with Crippen LogP contribution in [0.15, 0.2) is 60.7 Å². The molecular formula is C16H18O3Si. The Bertz CT molecular complexity index is 480. The van der Waals surface area contributed by atoms with E-state index in [1.54, 1.807) is 0 Å².